The third kappa shape index (κ3) is 3.69. The van der Waals surface area contributed by atoms with Gasteiger partial charge in [0.2, 0.25) is 5.89 Å². The molecular formula is C15H19ClN2O3S. The smallest absolute Gasteiger partial charge is 0.307 e. The Bertz CT molecular complexity index is 627. The highest BCUT2D eigenvalue weighted by molar-refractivity contribution is 7.13. The lowest BCUT2D eigenvalue weighted by molar-refractivity contribution is -0.143. The van der Waals surface area contributed by atoms with E-state index in [4.69, 9.17) is 9.52 Å². The van der Waals surface area contributed by atoms with E-state index >= 15 is 0 Å². The number of nitrogens with zero attached hydrogens (tertiary/aromatic N) is 2. The topological polar surface area (TPSA) is 66.6 Å². The molecular weight excluding hydrogens is 324 g/mol. The Balaban J connectivity index is 0.00000176. The zero-order chi connectivity index (χ0) is 14.8. The SMILES string of the molecule is Cc1oc(-c2cccs2)nc1CN1CCCC(C(=O)O)C1.Cl. The zero-order valence-corrected chi connectivity index (χ0v) is 14.0. The van der Waals surface area contributed by atoms with E-state index in [2.05, 4.69) is 9.88 Å². The molecule has 0 aromatic carbocycles. The van der Waals surface area contributed by atoms with E-state index in [1.807, 2.05) is 24.4 Å². The van der Waals surface area contributed by atoms with Crippen molar-refractivity contribution in [3.8, 4) is 10.8 Å². The number of hydrogen-bond acceptors (Lipinski definition) is 5. The molecule has 0 amide bonds. The second-order valence-electron chi connectivity index (χ2n) is 5.41. The molecule has 3 heterocycles. The highest BCUT2D eigenvalue weighted by Crippen LogP contribution is 2.27. The number of carboxylic acid groups (broad SMARTS) is 1. The Morgan fingerprint density at radius 1 is 1.59 bits per heavy atom. The van der Waals surface area contributed by atoms with Crippen LogP contribution in [0, 0.1) is 12.8 Å². The van der Waals surface area contributed by atoms with Crippen molar-refractivity contribution in [2.75, 3.05) is 13.1 Å². The summed E-state index contributed by atoms with van der Waals surface area (Å²) in [6, 6.07) is 3.96. The van der Waals surface area contributed by atoms with Gasteiger partial charge in [-0.3, -0.25) is 9.69 Å². The van der Waals surface area contributed by atoms with Gasteiger partial charge in [-0.2, -0.15) is 0 Å². The molecule has 1 aliphatic heterocycles. The van der Waals surface area contributed by atoms with Gasteiger partial charge >= 0.3 is 5.97 Å². The number of halogens is 1. The molecule has 2 aromatic heterocycles. The highest BCUT2D eigenvalue weighted by Gasteiger charge is 2.26. The van der Waals surface area contributed by atoms with Gasteiger partial charge < -0.3 is 9.52 Å². The lowest BCUT2D eigenvalue weighted by Crippen LogP contribution is -2.38. The monoisotopic (exact) mass is 342 g/mol. The largest absolute Gasteiger partial charge is 0.481 e. The van der Waals surface area contributed by atoms with Crippen LogP contribution in [-0.4, -0.2) is 34.0 Å². The van der Waals surface area contributed by atoms with Crippen molar-refractivity contribution in [2.24, 2.45) is 5.92 Å². The van der Waals surface area contributed by atoms with Crippen molar-refractivity contribution in [2.45, 2.75) is 26.3 Å². The molecule has 1 N–H and O–H groups in total. The maximum absolute atomic E-state index is 11.1. The van der Waals surface area contributed by atoms with E-state index in [0.29, 0.717) is 19.0 Å². The van der Waals surface area contributed by atoms with Crippen molar-refractivity contribution in [3.63, 3.8) is 0 Å². The molecule has 1 fully saturated rings. The van der Waals surface area contributed by atoms with E-state index in [1.54, 1.807) is 11.3 Å². The Labute approximate surface area is 139 Å². The van der Waals surface area contributed by atoms with E-state index in [-0.39, 0.29) is 18.3 Å². The Kier molecular flexibility index (Phi) is 5.61. The molecule has 7 heteroatoms. The summed E-state index contributed by atoms with van der Waals surface area (Å²) in [6.07, 6.45) is 1.69. The molecule has 22 heavy (non-hydrogen) atoms. The number of aromatic nitrogens is 1. The van der Waals surface area contributed by atoms with Crippen molar-refractivity contribution in [1.29, 1.82) is 0 Å². The molecule has 0 bridgehead atoms. The van der Waals surface area contributed by atoms with Gasteiger partial charge in [0, 0.05) is 13.1 Å². The predicted molar refractivity (Wildman–Crippen MR) is 87.4 cm³/mol. The maximum Gasteiger partial charge on any atom is 0.307 e. The summed E-state index contributed by atoms with van der Waals surface area (Å²) < 4.78 is 5.73. The van der Waals surface area contributed by atoms with Crippen LogP contribution in [0.2, 0.25) is 0 Å². The van der Waals surface area contributed by atoms with Crippen LogP contribution in [0.15, 0.2) is 21.9 Å². The fraction of sp³-hybridized carbons (Fsp3) is 0.467. The van der Waals surface area contributed by atoms with Crippen LogP contribution in [0.4, 0.5) is 0 Å². The number of rotatable bonds is 4. The van der Waals surface area contributed by atoms with E-state index in [1.165, 1.54) is 0 Å². The molecule has 1 saturated heterocycles. The van der Waals surface area contributed by atoms with Crippen LogP contribution in [0.3, 0.4) is 0 Å². The number of likely N-dealkylation sites (tertiary alicyclic amines) is 1. The molecule has 0 aliphatic carbocycles. The molecule has 3 rings (SSSR count). The summed E-state index contributed by atoms with van der Waals surface area (Å²) in [5.74, 6) is 0.513. The first-order chi connectivity index (χ1) is 10.1. The number of carbonyl (C=O) groups is 1. The van der Waals surface area contributed by atoms with E-state index < -0.39 is 5.97 Å². The summed E-state index contributed by atoms with van der Waals surface area (Å²) in [7, 11) is 0. The van der Waals surface area contributed by atoms with Gasteiger partial charge in [0.05, 0.1) is 16.5 Å². The number of hydrogen-bond donors (Lipinski definition) is 1. The summed E-state index contributed by atoms with van der Waals surface area (Å²) in [6.45, 7) is 4.09. The van der Waals surface area contributed by atoms with Gasteiger partial charge in [-0.05, 0) is 37.8 Å². The number of thiophene rings is 1. The zero-order valence-electron chi connectivity index (χ0n) is 12.3. The average Bonchev–Trinajstić information content (AvgIpc) is 3.10. The minimum atomic E-state index is -0.698. The van der Waals surface area contributed by atoms with E-state index in [9.17, 15) is 4.79 Å². The van der Waals surface area contributed by atoms with Crippen molar-refractivity contribution < 1.29 is 14.3 Å². The number of oxazole rings is 1. The van der Waals surface area contributed by atoms with Crippen molar-refractivity contribution in [1.82, 2.24) is 9.88 Å². The van der Waals surface area contributed by atoms with Crippen LogP contribution in [-0.2, 0) is 11.3 Å². The van der Waals surface area contributed by atoms with Gasteiger partial charge in [0.15, 0.2) is 0 Å². The third-order valence-electron chi connectivity index (χ3n) is 3.85. The molecule has 0 radical (unpaired) electrons. The molecule has 0 spiro atoms. The molecule has 5 nitrogen and oxygen atoms in total. The second kappa shape index (κ2) is 7.26. The fourth-order valence-electron chi connectivity index (χ4n) is 2.69. The standard InChI is InChI=1S/C15H18N2O3S.ClH/c1-10-12(16-14(20-10)13-5-3-7-21-13)9-17-6-2-4-11(8-17)15(18)19;/h3,5,7,11H,2,4,6,8-9H2,1H3,(H,18,19);1H. The normalized spacial score (nSPS) is 18.9. The average molecular weight is 343 g/mol. The first-order valence-electron chi connectivity index (χ1n) is 7.09. The summed E-state index contributed by atoms with van der Waals surface area (Å²) in [4.78, 5) is 18.9. The third-order valence-corrected chi connectivity index (χ3v) is 4.71. The number of carboxylic acids is 1. The minimum absolute atomic E-state index is 0. The molecule has 120 valence electrons. The van der Waals surface area contributed by atoms with Crippen molar-refractivity contribution >= 4 is 29.7 Å². The molecule has 0 saturated carbocycles. The van der Waals surface area contributed by atoms with Gasteiger partial charge in [-0.15, -0.1) is 23.7 Å². The number of aryl methyl sites for hydroxylation is 1. The fourth-order valence-corrected chi connectivity index (χ4v) is 3.34. The lowest BCUT2D eigenvalue weighted by Gasteiger charge is -2.29. The number of aliphatic carboxylic acids is 1. The first-order valence-corrected chi connectivity index (χ1v) is 7.97. The summed E-state index contributed by atoms with van der Waals surface area (Å²) >= 11 is 1.60. The van der Waals surface area contributed by atoms with Crippen LogP contribution in [0.5, 0.6) is 0 Å². The van der Waals surface area contributed by atoms with E-state index in [0.717, 1.165) is 35.7 Å². The van der Waals surface area contributed by atoms with Gasteiger partial charge in [-0.1, -0.05) is 6.07 Å². The van der Waals surface area contributed by atoms with Gasteiger partial charge in [0.1, 0.15) is 5.76 Å². The number of piperidine rings is 1. The van der Waals surface area contributed by atoms with Crippen LogP contribution >= 0.6 is 23.7 Å². The van der Waals surface area contributed by atoms with Gasteiger partial charge in [0.25, 0.3) is 0 Å². The predicted octanol–water partition coefficient (Wildman–Crippen LogP) is 3.43. The second-order valence-corrected chi connectivity index (χ2v) is 6.36. The summed E-state index contributed by atoms with van der Waals surface area (Å²) in [5.41, 5.74) is 0.907. The first kappa shape index (κ1) is 17.0. The Morgan fingerprint density at radius 2 is 2.41 bits per heavy atom. The van der Waals surface area contributed by atoms with Crippen LogP contribution < -0.4 is 0 Å². The summed E-state index contributed by atoms with van der Waals surface area (Å²) in [5, 5.41) is 11.1. The van der Waals surface area contributed by atoms with Crippen LogP contribution in [0.1, 0.15) is 24.3 Å². The highest BCUT2D eigenvalue weighted by atomic mass is 35.5. The maximum atomic E-state index is 11.1. The molecule has 1 aliphatic rings. The molecule has 2 aromatic rings. The Morgan fingerprint density at radius 3 is 3.09 bits per heavy atom. The van der Waals surface area contributed by atoms with Gasteiger partial charge in [-0.25, -0.2) is 4.98 Å². The molecule has 1 atom stereocenters. The molecule has 1 unspecified atom stereocenters. The van der Waals surface area contributed by atoms with Crippen LogP contribution in [0.25, 0.3) is 10.8 Å². The Hall–Kier alpha value is -1.37. The van der Waals surface area contributed by atoms with Crippen molar-refractivity contribution in [3.05, 3.63) is 29.0 Å². The quantitative estimate of drug-likeness (QED) is 0.922. The minimum Gasteiger partial charge on any atom is -0.481 e. The lowest BCUT2D eigenvalue weighted by atomic mass is 9.98.